The first-order valence-corrected chi connectivity index (χ1v) is 15.2. The minimum atomic E-state index is -0.580. The van der Waals surface area contributed by atoms with Crippen molar-refractivity contribution < 1.29 is 19.2 Å². The molecule has 0 radical (unpaired) electrons. The summed E-state index contributed by atoms with van der Waals surface area (Å²) >= 11 is 0. The van der Waals surface area contributed by atoms with Crippen LogP contribution >= 0.6 is 0 Å². The Bertz CT molecular complexity index is 1140. The van der Waals surface area contributed by atoms with Gasteiger partial charge in [0.2, 0.25) is 17.7 Å². The van der Waals surface area contributed by atoms with Gasteiger partial charge in [0.05, 0.1) is 0 Å². The van der Waals surface area contributed by atoms with Gasteiger partial charge < -0.3 is 20.0 Å². The summed E-state index contributed by atoms with van der Waals surface area (Å²) in [5.74, 6) is 0.797. The van der Waals surface area contributed by atoms with Crippen LogP contribution in [0, 0.1) is 11.8 Å². The zero-order valence-electron chi connectivity index (χ0n) is 23.4. The number of piperazine rings is 1. The van der Waals surface area contributed by atoms with Crippen molar-refractivity contribution in [2.45, 2.75) is 57.5 Å². The van der Waals surface area contributed by atoms with Gasteiger partial charge in [-0.15, -0.1) is 0 Å². The number of hydrogen-bond donors (Lipinski definition) is 2. The highest BCUT2D eigenvalue weighted by Gasteiger charge is 2.39. The number of piperidine rings is 3. The number of hydrogen-bond acceptors (Lipinski definition) is 7. The number of rotatable bonds is 6. The summed E-state index contributed by atoms with van der Waals surface area (Å²) in [4.78, 5) is 58.3. The van der Waals surface area contributed by atoms with E-state index in [4.69, 9.17) is 0 Å². The number of benzene rings is 1. The minimum absolute atomic E-state index is 0.125. The lowest BCUT2D eigenvalue weighted by molar-refractivity contribution is -0.137. The number of fused-ring (bicyclic) bond motifs is 1. The first-order valence-electron chi connectivity index (χ1n) is 15.2. The molecule has 10 heteroatoms. The van der Waals surface area contributed by atoms with Gasteiger partial charge >= 0.3 is 0 Å². The first kappa shape index (κ1) is 27.2. The van der Waals surface area contributed by atoms with Crippen LogP contribution in [-0.4, -0.2) is 103 Å². The fraction of sp³-hybridized carbons (Fsp3) is 0.667. The van der Waals surface area contributed by atoms with E-state index in [0.717, 1.165) is 102 Å². The van der Waals surface area contributed by atoms with Crippen LogP contribution in [-0.2, 0) is 20.9 Å². The van der Waals surface area contributed by atoms with Crippen LogP contribution in [0.1, 0.15) is 60.9 Å². The van der Waals surface area contributed by atoms with Crippen molar-refractivity contribution in [3.63, 3.8) is 0 Å². The maximum Gasteiger partial charge on any atom is 0.255 e. The van der Waals surface area contributed by atoms with E-state index in [1.54, 1.807) is 4.90 Å². The third kappa shape index (κ3) is 5.88. The molecule has 1 atom stereocenters. The van der Waals surface area contributed by atoms with Crippen molar-refractivity contribution in [3.05, 3.63) is 29.3 Å². The Labute approximate surface area is 236 Å². The molecule has 10 nitrogen and oxygen atoms in total. The lowest BCUT2D eigenvalue weighted by Gasteiger charge is -2.40. The molecule has 4 amide bonds. The Morgan fingerprint density at radius 2 is 1.62 bits per heavy atom. The summed E-state index contributed by atoms with van der Waals surface area (Å²) in [5.41, 5.74) is 2.74. The predicted octanol–water partition coefficient (Wildman–Crippen LogP) is 1.20. The molecule has 1 aromatic carbocycles. The normalized spacial score (nSPS) is 25.4. The molecule has 0 saturated carbocycles. The van der Waals surface area contributed by atoms with E-state index < -0.39 is 6.04 Å². The minimum Gasteiger partial charge on any atom is -0.369 e. The van der Waals surface area contributed by atoms with E-state index in [-0.39, 0.29) is 24.1 Å². The van der Waals surface area contributed by atoms with Crippen molar-refractivity contribution in [2.75, 3.05) is 63.8 Å². The smallest absolute Gasteiger partial charge is 0.255 e. The number of anilines is 1. The third-order valence-electron chi connectivity index (χ3n) is 9.65. The number of imide groups is 1. The topological polar surface area (TPSA) is 105 Å². The molecule has 216 valence electrons. The van der Waals surface area contributed by atoms with E-state index >= 15 is 0 Å². The largest absolute Gasteiger partial charge is 0.369 e. The van der Waals surface area contributed by atoms with E-state index in [2.05, 4.69) is 31.4 Å². The molecule has 2 N–H and O–H groups in total. The molecule has 0 aromatic heterocycles. The number of nitrogens with zero attached hydrogens (tertiary/aromatic N) is 4. The second kappa shape index (κ2) is 11.9. The molecule has 6 rings (SSSR count). The van der Waals surface area contributed by atoms with Crippen molar-refractivity contribution in [3.8, 4) is 0 Å². The van der Waals surface area contributed by atoms with Crippen molar-refractivity contribution >= 4 is 29.3 Å². The summed E-state index contributed by atoms with van der Waals surface area (Å²) < 4.78 is 0. The average molecular weight is 551 g/mol. The summed E-state index contributed by atoms with van der Waals surface area (Å²) in [6, 6.07) is 5.44. The standard InChI is InChI=1S/C30H42N6O4/c37-27-4-3-26(29(39)32-27)36-20-23-18-24(1-2-25(23)30(36)40)34-15-13-33(14-16-34)19-22-7-11-35(12-8-22)28(38)17-21-5-9-31-10-6-21/h1-2,18,21-22,26,31H,3-17,19-20H2,(H,32,37,39). The van der Waals surface area contributed by atoms with E-state index in [0.29, 0.717) is 36.3 Å². The lowest BCUT2D eigenvalue weighted by atomic mass is 9.92. The fourth-order valence-electron chi connectivity index (χ4n) is 7.14. The molecule has 4 fully saturated rings. The van der Waals surface area contributed by atoms with Gasteiger partial charge in [0.15, 0.2) is 0 Å². The molecule has 5 aliphatic heterocycles. The van der Waals surface area contributed by atoms with Crippen LogP contribution in [0.15, 0.2) is 18.2 Å². The van der Waals surface area contributed by atoms with E-state index in [9.17, 15) is 19.2 Å². The summed E-state index contributed by atoms with van der Waals surface area (Å²) in [6.07, 6.45) is 5.81. The Hall–Kier alpha value is -2.98. The maximum atomic E-state index is 13.0. The summed E-state index contributed by atoms with van der Waals surface area (Å²) in [7, 11) is 0. The van der Waals surface area contributed by atoms with Gasteiger partial charge in [-0.2, -0.15) is 0 Å². The monoisotopic (exact) mass is 550 g/mol. The highest BCUT2D eigenvalue weighted by Crippen LogP contribution is 2.31. The van der Waals surface area contributed by atoms with Gasteiger partial charge in [0.1, 0.15) is 6.04 Å². The number of carbonyl (C=O) groups is 4. The molecule has 1 aromatic rings. The zero-order chi connectivity index (χ0) is 27.6. The van der Waals surface area contributed by atoms with Gasteiger partial charge in [-0.25, -0.2) is 0 Å². The van der Waals surface area contributed by atoms with Crippen molar-refractivity contribution in [1.29, 1.82) is 0 Å². The van der Waals surface area contributed by atoms with Crippen LogP contribution in [0.4, 0.5) is 5.69 Å². The zero-order valence-corrected chi connectivity index (χ0v) is 23.4. The quantitative estimate of drug-likeness (QED) is 0.513. The highest BCUT2D eigenvalue weighted by molar-refractivity contribution is 6.05. The molecule has 4 saturated heterocycles. The second-order valence-corrected chi connectivity index (χ2v) is 12.3. The Morgan fingerprint density at radius 1 is 0.875 bits per heavy atom. The molecule has 1 unspecified atom stereocenters. The van der Waals surface area contributed by atoms with Gasteiger partial charge in [0.25, 0.3) is 5.91 Å². The number of amides is 4. The molecular formula is C30H42N6O4. The number of nitrogens with one attached hydrogen (secondary N) is 2. The molecule has 5 heterocycles. The SMILES string of the molecule is O=C1CCC(N2Cc3cc(N4CCN(CC5CCN(C(=O)CC6CCNCC6)CC5)CC4)ccc3C2=O)C(=O)N1. The van der Waals surface area contributed by atoms with Crippen LogP contribution in [0.2, 0.25) is 0 Å². The van der Waals surface area contributed by atoms with Gasteiger partial charge in [-0.1, -0.05) is 0 Å². The predicted molar refractivity (Wildman–Crippen MR) is 151 cm³/mol. The van der Waals surface area contributed by atoms with E-state index in [1.165, 1.54) is 0 Å². The Balaban J connectivity index is 0.956. The number of likely N-dealkylation sites (tertiary alicyclic amines) is 1. The molecule has 0 spiro atoms. The molecule has 40 heavy (non-hydrogen) atoms. The maximum absolute atomic E-state index is 13.0. The Morgan fingerprint density at radius 3 is 2.35 bits per heavy atom. The second-order valence-electron chi connectivity index (χ2n) is 12.3. The van der Waals surface area contributed by atoms with Crippen LogP contribution in [0.5, 0.6) is 0 Å². The summed E-state index contributed by atoms with van der Waals surface area (Å²) in [6.45, 7) is 9.30. The van der Waals surface area contributed by atoms with Crippen molar-refractivity contribution in [2.24, 2.45) is 11.8 Å². The fourth-order valence-corrected chi connectivity index (χ4v) is 7.14. The van der Waals surface area contributed by atoms with Gasteiger partial charge in [-0.3, -0.25) is 29.4 Å². The van der Waals surface area contributed by atoms with Crippen LogP contribution < -0.4 is 15.5 Å². The van der Waals surface area contributed by atoms with Gasteiger partial charge in [0, 0.05) is 76.5 Å². The van der Waals surface area contributed by atoms with E-state index in [1.807, 2.05) is 12.1 Å². The van der Waals surface area contributed by atoms with Crippen LogP contribution in [0.3, 0.4) is 0 Å². The molecule has 0 aliphatic carbocycles. The Kier molecular flexibility index (Phi) is 8.07. The highest BCUT2D eigenvalue weighted by atomic mass is 16.2. The third-order valence-corrected chi connectivity index (χ3v) is 9.65. The molecule has 5 aliphatic rings. The van der Waals surface area contributed by atoms with Crippen LogP contribution in [0.25, 0.3) is 0 Å². The number of carbonyl (C=O) groups excluding carboxylic acids is 4. The van der Waals surface area contributed by atoms with Gasteiger partial charge in [-0.05, 0) is 80.8 Å². The molecular weight excluding hydrogens is 508 g/mol. The lowest BCUT2D eigenvalue weighted by Crippen LogP contribution is -2.52. The molecule has 0 bridgehead atoms. The summed E-state index contributed by atoms with van der Waals surface area (Å²) in [5, 5.41) is 5.75. The van der Waals surface area contributed by atoms with Crippen molar-refractivity contribution in [1.82, 2.24) is 25.3 Å². The average Bonchev–Trinajstić information content (AvgIpc) is 3.29. The first-order chi connectivity index (χ1) is 19.4.